The quantitative estimate of drug-likeness (QED) is 0.0691. The molecular weight excluding hydrogens is 576 g/mol. The predicted octanol–water partition coefficient (Wildman–Crippen LogP) is 5.29. The topological polar surface area (TPSA) is 147 Å². The van der Waals surface area contributed by atoms with E-state index in [0.29, 0.717) is 26.0 Å². The van der Waals surface area contributed by atoms with Crippen molar-refractivity contribution >= 4 is 11.8 Å². The molecule has 1 aliphatic rings. The van der Waals surface area contributed by atoms with Crippen molar-refractivity contribution in [3.8, 4) is 0 Å². The van der Waals surface area contributed by atoms with E-state index in [0.717, 1.165) is 38.5 Å². The largest absolute Gasteiger partial charge is 0.394 e. The molecular formula is C35H68N2O8. The van der Waals surface area contributed by atoms with E-state index >= 15 is 0 Å². The van der Waals surface area contributed by atoms with E-state index < -0.39 is 43.4 Å². The van der Waals surface area contributed by atoms with Crippen LogP contribution in [0.1, 0.15) is 149 Å². The zero-order valence-electron chi connectivity index (χ0n) is 28.8. The van der Waals surface area contributed by atoms with Gasteiger partial charge in [-0.1, -0.05) is 124 Å². The van der Waals surface area contributed by atoms with Gasteiger partial charge in [0, 0.05) is 19.6 Å². The highest BCUT2D eigenvalue weighted by Crippen LogP contribution is 2.25. The van der Waals surface area contributed by atoms with E-state index in [1.54, 1.807) is 0 Å². The zero-order chi connectivity index (χ0) is 33.1. The summed E-state index contributed by atoms with van der Waals surface area (Å²) in [7, 11) is 0. The lowest BCUT2D eigenvalue weighted by Crippen LogP contribution is -2.61. The molecule has 0 aliphatic carbocycles. The van der Waals surface area contributed by atoms with Gasteiger partial charge < -0.3 is 40.2 Å². The number of nitrogens with one attached hydrogen (secondary N) is 2. The first-order valence-corrected chi connectivity index (χ1v) is 18.3. The number of carbonyl (C=O) groups is 2. The molecule has 5 N–H and O–H groups in total. The van der Waals surface area contributed by atoms with E-state index in [2.05, 4.69) is 24.5 Å². The van der Waals surface area contributed by atoms with E-state index in [4.69, 9.17) is 14.2 Å². The second-order valence-corrected chi connectivity index (χ2v) is 12.7. The number of carbonyl (C=O) groups excluding carboxylic acids is 2. The number of ether oxygens (including phenoxy) is 3. The average Bonchev–Trinajstić information content (AvgIpc) is 3.04. The van der Waals surface area contributed by atoms with Crippen molar-refractivity contribution in [2.45, 2.75) is 186 Å². The molecule has 1 saturated heterocycles. The Labute approximate surface area is 273 Å². The van der Waals surface area contributed by atoms with Crippen LogP contribution < -0.4 is 10.6 Å². The second-order valence-electron chi connectivity index (χ2n) is 12.7. The van der Waals surface area contributed by atoms with Gasteiger partial charge >= 0.3 is 0 Å². The number of hydrogen-bond acceptors (Lipinski definition) is 8. The Morgan fingerprint density at radius 2 is 1.24 bits per heavy atom. The summed E-state index contributed by atoms with van der Waals surface area (Å²) >= 11 is 0. The van der Waals surface area contributed by atoms with Crippen molar-refractivity contribution < 1.29 is 39.1 Å². The minimum atomic E-state index is -1.45. The van der Waals surface area contributed by atoms with Crippen molar-refractivity contribution in [3.63, 3.8) is 0 Å². The van der Waals surface area contributed by atoms with Crippen LogP contribution in [0, 0.1) is 0 Å². The highest BCUT2D eigenvalue weighted by atomic mass is 16.7. The van der Waals surface area contributed by atoms with Gasteiger partial charge in [0.15, 0.2) is 6.29 Å². The molecule has 0 aromatic heterocycles. The monoisotopic (exact) mass is 644 g/mol. The van der Waals surface area contributed by atoms with Crippen molar-refractivity contribution in [1.82, 2.24) is 10.6 Å². The van der Waals surface area contributed by atoms with Gasteiger partial charge in [-0.15, -0.1) is 0 Å². The van der Waals surface area contributed by atoms with Crippen LogP contribution in [0.3, 0.4) is 0 Å². The van der Waals surface area contributed by atoms with E-state index in [1.165, 1.54) is 77.0 Å². The Hall–Kier alpha value is -1.30. The van der Waals surface area contributed by atoms with Crippen molar-refractivity contribution in [3.05, 3.63) is 0 Å². The maximum absolute atomic E-state index is 13.1. The van der Waals surface area contributed by atoms with Crippen LogP contribution in [-0.4, -0.2) is 90.2 Å². The summed E-state index contributed by atoms with van der Waals surface area (Å²) in [5, 5.41) is 36.8. The fraction of sp³-hybridized carbons (Fsp3) is 0.943. The summed E-state index contributed by atoms with van der Waals surface area (Å²) in [5.74, 6) is -0.583. The standard InChI is InChI=1S/C35H68N2O8/c1-4-7-9-11-13-15-17-19-21-23-30(39)37-28(34(42)36-24-22-20-18-16-14-12-10-8-5-2)27-44-35-32(41)31(40)33(43-25-6-3)29(26-38)45-35/h28-29,31-33,35,38,40-41H,4-27H2,1-3H3,(H,36,42)(H,37,39)/t28-,29+,31+,32+,33-,35-/m0/s1. The fourth-order valence-electron chi connectivity index (χ4n) is 5.66. The molecule has 6 atom stereocenters. The highest BCUT2D eigenvalue weighted by molar-refractivity contribution is 5.87. The van der Waals surface area contributed by atoms with E-state index in [-0.39, 0.29) is 18.4 Å². The first kappa shape index (κ1) is 41.7. The molecule has 1 aliphatic heterocycles. The molecule has 1 fully saturated rings. The summed E-state index contributed by atoms with van der Waals surface area (Å²) < 4.78 is 17.1. The number of hydrogen-bond donors (Lipinski definition) is 5. The molecule has 0 bridgehead atoms. The SMILES string of the molecule is CCCCCCCCCCCNC(=O)[C@H](CO[C@H]1O[C@H](CO)[C@H](OCCC)[C@H](O)[C@H]1O)NC(=O)CCCCCCCCCCC. The molecule has 266 valence electrons. The van der Waals surface area contributed by atoms with E-state index in [1.807, 2.05) is 6.92 Å². The zero-order valence-corrected chi connectivity index (χ0v) is 28.8. The van der Waals surface area contributed by atoms with Gasteiger partial charge in [0.1, 0.15) is 30.5 Å². The van der Waals surface area contributed by atoms with Crippen LogP contribution in [0.5, 0.6) is 0 Å². The summed E-state index contributed by atoms with van der Waals surface area (Å²) in [6.07, 6.45) is 16.1. The van der Waals surface area contributed by atoms with E-state index in [9.17, 15) is 24.9 Å². The van der Waals surface area contributed by atoms with Crippen LogP contribution in [-0.2, 0) is 23.8 Å². The van der Waals surface area contributed by atoms with Crippen LogP contribution >= 0.6 is 0 Å². The van der Waals surface area contributed by atoms with Gasteiger partial charge in [0.05, 0.1) is 13.2 Å². The van der Waals surface area contributed by atoms with Gasteiger partial charge in [-0.05, 0) is 19.3 Å². The Bertz CT molecular complexity index is 726. The summed E-state index contributed by atoms with van der Waals surface area (Å²) in [4.78, 5) is 25.9. The molecule has 1 rings (SSSR count). The number of unbranched alkanes of at least 4 members (excludes halogenated alkanes) is 16. The molecule has 10 nitrogen and oxygen atoms in total. The van der Waals surface area contributed by atoms with Crippen molar-refractivity contribution in [2.75, 3.05) is 26.4 Å². The second kappa shape index (κ2) is 27.8. The third-order valence-electron chi connectivity index (χ3n) is 8.50. The lowest BCUT2D eigenvalue weighted by Gasteiger charge is -2.42. The maximum Gasteiger partial charge on any atom is 0.244 e. The Kier molecular flexibility index (Phi) is 25.8. The molecule has 45 heavy (non-hydrogen) atoms. The van der Waals surface area contributed by atoms with Crippen LogP contribution in [0.15, 0.2) is 0 Å². The number of rotatable bonds is 29. The van der Waals surface area contributed by atoms with Crippen molar-refractivity contribution in [1.29, 1.82) is 0 Å². The van der Waals surface area contributed by atoms with Gasteiger partial charge in [-0.2, -0.15) is 0 Å². The lowest BCUT2D eigenvalue weighted by atomic mass is 9.99. The molecule has 10 heteroatoms. The minimum absolute atomic E-state index is 0.226. The minimum Gasteiger partial charge on any atom is -0.394 e. The third-order valence-corrected chi connectivity index (χ3v) is 8.50. The molecule has 2 amide bonds. The summed E-state index contributed by atoms with van der Waals surface area (Å²) in [5.41, 5.74) is 0. The number of amides is 2. The van der Waals surface area contributed by atoms with Crippen molar-refractivity contribution in [2.24, 2.45) is 0 Å². The first-order chi connectivity index (χ1) is 21.9. The van der Waals surface area contributed by atoms with Gasteiger partial charge in [0.25, 0.3) is 0 Å². The first-order valence-electron chi connectivity index (χ1n) is 18.3. The molecule has 0 spiro atoms. The molecule has 0 unspecified atom stereocenters. The molecule has 0 aromatic rings. The average molecular weight is 645 g/mol. The maximum atomic E-state index is 13.1. The molecule has 1 heterocycles. The fourth-order valence-corrected chi connectivity index (χ4v) is 5.66. The van der Waals surface area contributed by atoms with Gasteiger partial charge in [-0.3, -0.25) is 9.59 Å². The van der Waals surface area contributed by atoms with Crippen LogP contribution in [0.4, 0.5) is 0 Å². The van der Waals surface area contributed by atoms with Gasteiger partial charge in [0.2, 0.25) is 11.8 Å². The highest BCUT2D eigenvalue weighted by Gasteiger charge is 2.45. The van der Waals surface area contributed by atoms with Crippen LogP contribution in [0.2, 0.25) is 0 Å². The van der Waals surface area contributed by atoms with Crippen LogP contribution in [0.25, 0.3) is 0 Å². The lowest BCUT2D eigenvalue weighted by molar-refractivity contribution is -0.308. The normalized spacial score (nSPS) is 22.3. The van der Waals surface area contributed by atoms with Gasteiger partial charge in [-0.25, -0.2) is 0 Å². The Morgan fingerprint density at radius 1 is 0.711 bits per heavy atom. The molecule has 0 saturated carbocycles. The third kappa shape index (κ3) is 19.2. The number of aliphatic hydroxyl groups is 3. The smallest absolute Gasteiger partial charge is 0.244 e. The number of aliphatic hydroxyl groups excluding tert-OH is 3. The summed E-state index contributed by atoms with van der Waals surface area (Å²) in [6, 6.07) is -0.982. The molecule has 0 aromatic carbocycles. The Balaban J connectivity index is 2.58. The predicted molar refractivity (Wildman–Crippen MR) is 178 cm³/mol. The molecule has 0 radical (unpaired) electrons. The Morgan fingerprint density at radius 3 is 1.78 bits per heavy atom. The summed E-state index contributed by atoms with van der Waals surface area (Å²) in [6.45, 7) is 6.51.